The summed E-state index contributed by atoms with van der Waals surface area (Å²) >= 11 is 5.67. The van der Waals surface area contributed by atoms with E-state index >= 15 is 0 Å². The van der Waals surface area contributed by atoms with Crippen LogP contribution in [-0.2, 0) is 15.9 Å². The summed E-state index contributed by atoms with van der Waals surface area (Å²) in [6.07, 6.45) is -3.64. The van der Waals surface area contributed by atoms with Crippen molar-refractivity contribution in [1.29, 1.82) is 0 Å². The average molecular weight is 342 g/mol. The van der Waals surface area contributed by atoms with E-state index in [9.17, 15) is 21.6 Å². The summed E-state index contributed by atoms with van der Waals surface area (Å²) in [5.41, 5.74) is 0.972. The number of halogens is 4. The number of sulfonamides is 1. The van der Waals surface area contributed by atoms with Gasteiger partial charge in [-0.3, -0.25) is 0 Å². The van der Waals surface area contributed by atoms with Crippen LogP contribution in [0.5, 0.6) is 0 Å². The van der Waals surface area contributed by atoms with Gasteiger partial charge in [0.15, 0.2) is 0 Å². The highest BCUT2D eigenvalue weighted by molar-refractivity contribution is 7.89. The van der Waals surface area contributed by atoms with Gasteiger partial charge in [-0.25, -0.2) is 8.42 Å². The maximum atomic E-state index is 12.7. The predicted octanol–water partition coefficient (Wildman–Crippen LogP) is 3.45. The third-order valence-corrected chi connectivity index (χ3v) is 5.63. The van der Waals surface area contributed by atoms with Gasteiger partial charge in [0.25, 0.3) is 0 Å². The smallest absolute Gasteiger partial charge is 0.207 e. The second-order valence-electron chi connectivity index (χ2n) is 5.13. The van der Waals surface area contributed by atoms with Gasteiger partial charge >= 0.3 is 6.18 Å². The molecule has 1 aliphatic rings. The molecule has 0 aromatic heterocycles. The first-order valence-electron chi connectivity index (χ1n) is 6.39. The van der Waals surface area contributed by atoms with Crippen molar-refractivity contribution < 1.29 is 21.6 Å². The van der Waals surface area contributed by atoms with Crippen LogP contribution in [0.4, 0.5) is 13.2 Å². The summed E-state index contributed by atoms with van der Waals surface area (Å²) in [6.45, 7) is 0.105. The lowest BCUT2D eigenvalue weighted by atomic mass is 10.2. The Labute approximate surface area is 126 Å². The molecule has 1 fully saturated rings. The van der Waals surface area contributed by atoms with Crippen LogP contribution in [-0.4, -0.2) is 31.5 Å². The molecule has 0 aliphatic heterocycles. The molecule has 0 spiro atoms. The third-order valence-electron chi connectivity index (χ3n) is 3.28. The van der Waals surface area contributed by atoms with Gasteiger partial charge in [0.05, 0.1) is 4.90 Å². The fourth-order valence-corrected chi connectivity index (χ4v) is 4.20. The van der Waals surface area contributed by atoms with Crippen molar-refractivity contribution in [3.63, 3.8) is 0 Å². The van der Waals surface area contributed by atoms with Crippen molar-refractivity contribution in [2.45, 2.75) is 42.8 Å². The van der Waals surface area contributed by atoms with Gasteiger partial charge in [0.2, 0.25) is 10.0 Å². The fraction of sp³-hybridized carbons (Fsp3) is 0.538. The lowest BCUT2D eigenvalue weighted by molar-refractivity contribution is -0.137. The first kappa shape index (κ1) is 16.6. The lowest BCUT2D eigenvalue weighted by Gasteiger charge is -2.24. The number of hydrogen-bond donors (Lipinski definition) is 0. The van der Waals surface area contributed by atoms with E-state index in [0.717, 1.165) is 0 Å². The van der Waals surface area contributed by atoms with Crippen molar-refractivity contribution >= 4 is 21.6 Å². The van der Waals surface area contributed by atoms with Crippen molar-refractivity contribution in [3.05, 3.63) is 29.3 Å². The molecule has 8 heteroatoms. The topological polar surface area (TPSA) is 37.4 Å². The van der Waals surface area contributed by atoms with E-state index in [1.54, 1.807) is 19.1 Å². The van der Waals surface area contributed by atoms with Crippen molar-refractivity contribution in [2.24, 2.45) is 0 Å². The number of aryl methyl sites for hydroxylation is 1. The molecule has 0 saturated heterocycles. The zero-order valence-electron chi connectivity index (χ0n) is 11.3. The van der Waals surface area contributed by atoms with Gasteiger partial charge in [-0.2, -0.15) is 17.5 Å². The SMILES string of the molecule is Cc1ccc(CCl)cc1S(=O)(=O)N(CC(F)(F)F)C1CC1. The average Bonchev–Trinajstić information content (AvgIpc) is 3.19. The Morgan fingerprint density at radius 1 is 1.33 bits per heavy atom. The van der Waals surface area contributed by atoms with E-state index in [-0.39, 0.29) is 10.8 Å². The Morgan fingerprint density at radius 3 is 2.43 bits per heavy atom. The van der Waals surface area contributed by atoms with Crippen molar-refractivity contribution in [3.8, 4) is 0 Å². The van der Waals surface area contributed by atoms with E-state index in [2.05, 4.69) is 0 Å². The summed E-state index contributed by atoms with van der Waals surface area (Å²) < 4.78 is 63.7. The minimum Gasteiger partial charge on any atom is -0.207 e. The molecule has 1 aromatic rings. The largest absolute Gasteiger partial charge is 0.402 e. The zero-order chi connectivity index (χ0) is 15.8. The Kier molecular flexibility index (Phi) is 4.56. The van der Waals surface area contributed by atoms with Crippen LogP contribution in [0.3, 0.4) is 0 Å². The van der Waals surface area contributed by atoms with Crippen LogP contribution in [0, 0.1) is 6.92 Å². The Balaban J connectivity index is 2.43. The Bertz CT molecular complexity index is 627. The van der Waals surface area contributed by atoms with Crippen LogP contribution in [0.2, 0.25) is 0 Å². The highest BCUT2D eigenvalue weighted by atomic mass is 35.5. The molecule has 118 valence electrons. The monoisotopic (exact) mass is 341 g/mol. The lowest BCUT2D eigenvalue weighted by Crippen LogP contribution is -2.40. The molecule has 0 radical (unpaired) electrons. The maximum Gasteiger partial charge on any atom is 0.402 e. The molecule has 0 heterocycles. The van der Waals surface area contributed by atoms with E-state index in [4.69, 9.17) is 11.6 Å². The molecule has 1 aliphatic carbocycles. The summed E-state index contributed by atoms with van der Waals surface area (Å²) in [5, 5.41) is 0. The highest BCUT2D eigenvalue weighted by Crippen LogP contribution is 2.35. The first-order valence-corrected chi connectivity index (χ1v) is 8.36. The van der Waals surface area contributed by atoms with E-state index in [0.29, 0.717) is 28.3 Å². The molecule has 1 aromatic carbocycles. The van der Waals surface area contributed by atoms with Gasteiger partial charge in [0.1, 0.15) is 6.54 Å². The van der Waals surface area contributed by atoms with E-state index in [1.165, 1.54) is 6.07 Å². The Morgan fingerprint density at radius 2 is 1.95 bits per heavy atom. The van der Waals surface area contributed by atoms with Gasteiger partial charge in [-0.05, 0) is 37.0 Å². The van der Waals surface area contributed by atoms with Crippen molar-refractivity contribution in [2.75, 3.05) is 6.54 Å². The predicted molar refractivity (Wildman–Crippen MR) is 73.7 cm³/mol. The molecule has 0 N–H and O–H groups in total. The van der Waals surface area contributed by atoms with Crippen LogP contribution in [0.1, 0.15) is 24.0 Å². The summed E-state index contributed by atoms with van der Waals surface area (Å²) in [4.78, 5) is -0.100. The summed E-state index contributed by atoms with van der Waals surface area (Å²) in [7, 11) is -4.18. The van der Waals surface area contributed by atoms with Gasteiger partial charge < -0.3 is 0 Å². The van der Waals surface area contributed by atoms with Gasteiger partial charge in [0, 0.05) is 11.9 Å². The summed E-state index contributed by atoms with van der Waals surface area (Å²) in [5.74, 6) is 0.103. The van der Waals surface area contributed by atoms with Crippen LogP contribution >= 0.6 is 11.6 Å². The van der Waals surface area contributed by atoms with Crippen LogP contribution in [0.25, 0.3) is 0 Å². The first-order chi connectivity index (χ1) is 9.65. The molecule has 2 rings (SSSR count). The third kappa shape index (κ3) is 3.90. The normalized spacial score (nSPS) is 16.5. The number of rotatable bonds is 5. The minimum absolute atomic E-state index is 0.100. The number of alkyl halides is 4. The molecule has 0 atom stereocenters. The second kappa shape index (κ2) is 5.78. The molecular weight excluding hydrogens is 327 g/mol. The van der Waals surface area contributed by atoms with Gasteiger partial charge in [-0.15, -0.1) is 11.6 Å². The molecule has 0 amide bonds. The van der Waals surface area contributed by atoms with Crippen molar-refractivity contribution in [1.82, 2.24) is 4.31 Å². The maximum absolute atomic E-state index is 12.7. The molecule has 0 bridgehead atoms. The summed E-state index contributed by atoms with van der Waals surface area (Å²) in [6, 6.07) is 4.01. The minimum atomic E-state index is -4.56. The van der Waals surface area contributed by atoms with E-state index < -0.39 is 28.8 Å². The standard InChI is InChI=1S/C13H15ClF3NO2S/c1-9-2-3-10(7-14)6-12(9)21(19,20)18(11-4-5-11)8-13(15,16)17/h2-3,6,11H,4-5,7-8H2,1H3. The fourth-order valence-electron chi connectivity index (χ4n) is 2.08. The van der Waals surface area contributed by atoms with E-state index in [1.807, 2.05) is 0 Å². The molecular formula is C13H15ClF3NO2S. The van der Waals surface area contributed by atoms with Crippen LogP contribution < -0.4 is 0 Å². The number of hydrogen-bond acceptors (Lipinski definition) is 2. The van der Waals surface area contributed by atoms with Crippen LogP contribution in [0.15, 0.2) is 23.1 Å². The zero-order valence-corrected chi connectivity index (χ0v) is 12.9. The van der Waals surface area contributed by atoms with Gasteiger partial charge in [-0.1, -0.05) is 12.1 Å². The molecule has 3 nitrogen and oxygen atoms in total. The quantitative estimate of drug-likeness (QED) is 0.769. The number of benzene rings is 1. The number of nitrogens with zero attached hydrogens (tertiary/aromatic N) is 1. The molecule has 0 unspecified atom stereocenters. The second-order valence-corrected chi connectivity index (χ2v) is 7.26. The Hall–Kier alpha value is -0.790. The highest BCUT2D eigenvalue weighted by Gasteiger charge is 2.45. The molecule has 21 heavy (non-hydrogen) atoms. The molecule has 1 saturated carbocycles.